The van der Waals surface area contributed by atoms with Crippen LogP contribution >= 0.6 is 0 Å². The van der Waals surface area contributed by atoms with Crippen LogP contribution in [0.1, 0.15) is 96.6 Å². The summed E-state index contributed by atoms with van der Waals surface area (Å²) in [7, 11) is 3.59. The SMILES string of the molecule is CCCCCCC(C)(C)c1cc(O)c2c(c1)OC(C)(C)[C@@H]1CC=C(C(=O)N(C)C)C[C@@H]21. The van der Waals surface area contributed by atoms with Gasteiger partial charge >= 0.3 is 0 Å². The van der Waals surface area contributed by atoms with Crippen LogP contribution in [0.5, 0.6) is 11.5 Å². The fraction of sp³-hybridized carbons (Fsp3) is 0.667. The van der Waals surface area contributed by atoms with E-state index in [1.807, 2.05) is 6.07 Å². The van der Waals surface area contributed by atoms with Crippen molar-refractivity contribution >= 4 is 5.91 Å². The molecular formula is C27H41NO3. The predicted molar refractivity (Wildman–Crippen MR) is 127 cm³/mol. The molecule has 0 spiro atoms. The Balaban J connectivity index is 1.94. The third kappa shape index (κ3) is 4.78. The van der Waals surface area contributed by atoms with Gasteiger partial charge in [-0.1, -0.05) is 52.5 Å². The Hall–Kier alpha value is -1.97. The summed E-state index contributed by atoms with van der Waals surface area (Å²) >= 11 is 0. The molecule has 2 atom stereocenters. The zero-order chi connectivity index (χ0) is 23.0. The summed E-state index contributed by atoms with van der Waals surface area (Å²) in [5, 5.41) is 11.2. The van der Waals surface area contributed by atoms with Gasteiger partial charge in [-0.2, -0.15) is 0 Å². The summed E-state index contributed by atoms with van der Waals surface area (Å²) in [4.78, 5) is 14.3. The lowest BCUT2D eigenvalue weighted by atomic mass is 9.66. The topological polar surface area (TPSA) is 49.8 Å². The van der Waals surface area contributed by atoms with Gasteiger partial charge in [0.2, 0.25) is 5.91 Å². The number of phenolic OH excluding ortho intramolecular Hbond substituents is 1. The van der Waals surface area contributed by atoms with E-state index in [2.05, 4.69) is 46.8 Å². The van der Waals surface area contributed by atoms with Crippen molar-refractivity contribution in [3.05, 3.63) is 34.9 Å². The van der Waals surface area contributed by atoms with Crippen LogP contribution in [0.2, 0.25) is 0 Å². The smallest absolute Gasteiger partial charge is 0.248 e. The third-order valence-electron chi connectivity index (χ3n) is 7.42. The van der Waals surface area contributed by atoms with E-state index in [1.165, 1.54) is 25.7 Å². The van der Waals surface area contributed by atoms with E-state index in [0.717, 1.165) is 35.3 Å². The zero-order valence-corrected chi connectivity index (χ0v) is 20.5. The first-order valence-electron chi connectivity index (χ1n) is 11.9. The molecule has 0 aromatic heterocycles. The number of phenols is 1. The Morgan fingerprint density at radius 1 is 1.23 bits per heavy atom. The first kappa shape index (κ1) is 23.7. The van der Waals surface area contributed by atoms with Crippen molar-refractivity contribution in [3.8, 4) is 11.5 Å². The second kappa shape index (κ2) is 8.88. The maximum absolute atomic E-state index is 12.6. The molecule has 1 heterocycles. The summed E-state index contributed by atoms with van der Waals surface area (Å²) in [5.74, 6) is 1.50. The number of hydrogen-bond acceptors (Lipinski definition) is 3. The van der Waals surface area contributed by atoms with Gasteiger partial charge in [-0.15, -0.1) is 0 Å². The van der Waals surface area contributed by atoms with Crippen LogP contribution in [0.15, 0.2) is 23.8 Å². The number of rotatable bonds is 7. The second-order valence-corrected chi connectivity index (χ2v) is 10.9. The molecule has 1 aliphatic heterocycles. The lowest BCUT2D eigenvalue weighted by molar-refractivity contribution is -0.125. The number of carbonyl (C=O) groups is 1. The highest BCUT2D eigenvalue weighted by Crippen LogP contribution is 2.55. The number of carbonyl (C=O) groups excluding carboxylic acids is 1. The average Bonchev–Trinajstić information content (AvgIpc) is 2.69. The Bertz CT molecular complexity index is 850. The standard InChI is InChI=1S/C27H41NO3/c1-8-9-10-11-14-26(2,3)19-16-22(29)24-20-15-18(25(30)28(6)7)12-13-21(20)27(4,5)31-23(24)17-19/h12,16-17,20-21,29H,8-11,13-15H2,1-7H3/t20-,21-/m1/s1. The molecule has 31 heavy (non-hydrogen) atoms. The summed E-state index contributed by atoms with van der Waals surface area (Å²) in [6.07, 6.45) is 9.54. The van der Waals surface area contributed by atoms with E-state index < -0.39 is 0 Å². The van der Waals surface area contributed by atoms with E-state index in [9.17, 15) is 9.90 Å². The van der Waals surface area contributed by atoms with Gasteiger partial charge in [-0.3, -0.25) is 4.79 Å². The molecule has 1 N–H and O–H groups in total. The molecule has 0 radical (unpaired) electrons. The van der Waals surface area contributed by atoms with E-state index in [-0.39, 0.29) is 28.8 Å². The minimum absolute atomic E-state index is 0.0247. The second-order valence-electron chi connectivity index (χ2n) is 10.9. The number of nitrogens with zero attached hydrogens (tertiary/aromatic N) is 1. The van der Waals surface area contributed by atoms with Gasteiger partial charge in [0.15, 0.2) is 0 Å². The van der Waals surface area contributed by atoms with Gasteiger partial charge in [0.05, 0.1) is 0 Å². The van der Waals surface area contributed by atoms with E-state index in [4.69, 9.17) is 4.74 Å². The van der Waals surface area contributed by atoms with Crippen LogP contribution in [-0.2, 0) is 10.2 Å². The number of hydrogen-bond donors (Lipinski definition) is 1. The third-order valence-corrected chi connectivity index (χ3v) is 7.42. The van der Waals surface area contributed by atoms with Crippen molar-refractivity contribution in [2.24, 2.45) is 5.92 Å². The van der Waals surface area contributed by atoms with Crippen LogP contribution in [0.4, 0.5) is 0 Å². The van der Waals surface area contributed by atoms with Crippen molar-refractivity contribution in [2.75, 3.05) is 14.1 Å². The molecule has 1 amide bonds. The molecule has 0 fully saturated rings. The van der Waals surface area contributed by atoms with Crippen molar-refractivity contribution in [1.82, 2.24) is 4.90 Å². The number of amides is 1. The van der Waals surface area contributed by atoms with Crippen LogP contribution in [0, 0.1) is 5.92 Å². The number of unbranched alkanes of at least 4 members (excludes halogenated alkanes) is 3. The molecule has 4 heteroatoms. The molecule has 172 valence electrons. The van der Waals surface area contributed by atoms with Crippen molar-refractivity contribution in [2.45, 2.75) is 96.5 Å². The van der Waals surface area contributed by atoms with Gasteiger partial charge in [0, 0.05) is 37.1 Å². The molecule has 1 aliphatic carbocycles. The number of aromatic hydroxyl groups is 1. The van der Waals surface area contributed by atoms with E-state index >= 15 is 0 Å². The number of fused-ring (bicyclic) bond motifs is 3. The Kier molecular flexibility index (Phi) is 6.78. The van der Waals surface area contributed by atoms with Crippen molar-refractivity contribution in [3.63, 3.8) is 0 Å². The molecule has 4 nitrogen and oxygen atoms in total. The van der Waals surface area contributed by atoms with Gasteiger partial charge in [-0.05, 0) is 56.2 Å². The zero-order valence-electron chi connectivity index (χ0n) is 20.5. The van der Waals surface area contributed by atoms with Crippen LogP contribution in [-0.4, -0.2) is 35.6 Å². The monoisotopic (exact) mass is 427 g/mol. The summed E-state index contributed by atoms with van der Waals surface area (Å²) < 4.78 is 6.51. The minimum Gasteiger partial charge on any atom is -0.508 e. The first-order chi connectivity index (χ1) is 14.5. The van der Waals surface area contributed by atoms with Gasteiger partial charge in [-0.25, -0.2) is 0 Å². The summed E-state index contributed by atoms with van der Waals surface area (Å²) in [5.41, 5.74) is 2.48. The molecule has 0 saturated heterocycles. The Morgan fingerprint density at radius 2 is 1.94 bits per heavy atom. The molecule has 0 unspecified atom stereocenters. The quantitative estimate of drug-likeness (QED) is 0.518. The van der Waals surface area contributed by atoms with Crippen molar-refractivity contribution < 1.29 is 14.6 Å². The fourth-order valence-electron chi connectivity index (χ4n) is 5.39. The number of allylic oxidation sites excluding steroid dienone is 1. The molecule has 3 rings (SSSR count). The maximum Gasteiger partial charge on any atom is 0.248 e. The van der Waals surface area contributed by atoms with E-state index in [0.29, 0.717) is 12.2 Å². The Morgan fingerprint density at radius 3 is 2.58 bits per heavy atom. The largest absolute Gasteiger partial charge is 0.508 e. The lowest BCUT2D eigenvalue weighted by Gasteiger charge is -2.47. The molecule has 1 aromatic carbocycles. The molecular weight excluding hydrogens is 386 g/mol. The van der Waals surface area contributed by atoms with Crippen molar-refractivity contribution in [1.29, 1.82) is 0 Å². The van der Waals surface area contributed by atoms with Crippen LogP contribution < -0.4 is 4.74 Å². The Labute approximate surface area is 188 Å². The van der Waals surface area contributed by atoms with Gasteiger partial charge < -0.3 is 14.7 Å². The normalized spacial score (nSPS) is 22.1. The first-order valence-corrected chi connectivity index (χ1v) is 11.9. The highest BCUT2D eigenvalue weighted by Gasteiger charge is 2.47. The average molecular weight is 428 g/mol. The highest BCUT2D eigenvalue weighted by molar-refractivity contribution is 5.93. The lowest BCUT2D eigenvalue weighted by Crippen LogP contribution is -2.46. The minimum atomic E-state index is -0.350. The number of likely N-dealkylation sites (N-methyl/N-ethyl adjacent to an activating group) is 1. The fourth-order valence-corrected chi connectivity index (χ4v) is 5.39. The maximum atomic E-state index is 12.6. The molecule has 0 bridgehead atoms. The number of benzene rings is 1. The molecule has 1 aromatic rings. The molecule has 0 saturated carbocycles. The van der Waals surface area contributed by atoms with Crippen LogP contribution in [0.25, 0.3) is 0 Å². The molecule has 2 aliphatic rings. The predicted octanol–water partition coefficient (Wildman–Crippen LogP) is 6.32. The van der Waals surface area contributed by atoms with Gasteiger partial charge in [0.25, 0.3) is 0 Å². The highest BCUT2D eigenvalue weighted by atomic mass is 16.5. The van der Waals surface area contributed by atoms with Gasteiger partial charge in [0.1, 0.15) is 17.1 Å². The summed E-state index contributed by atoms with van der Waals surface area (Å²) in [6.45, 7) is 11.0. The summed E-state index contributed by atoms with van der Waals surface area (Å²) in [6, 6.07) is 4.10. The number of ether oxygens (including phenoxy) is 1. The van der Waals surface area contributed by atoms with E-state index in [1.54, 1.807) is 19.0 Å². The van der Waals surface area contributed by atoms with Crippen LogP contribution in [0.3, 0.4) is 0 Å².